The van der Waals surface area contributed by atoms with E-state index in [0.29, 0.717) is 12.8 Å². The lowest BCUT2D eigenvalue weighted by atomic mass is 9.97. The lowest BCUT2D eigenvalue weighted by Gasteiger charge is -2.26. The Kier molecular flexibility index (Phi) is 12.3. The molecule has 0 saturated carbocycles. The smallest absolute Gasteiger partial charge is 0.322 e. The summed E-state index contributed by atoms with van der Waals surface area (Å²) in [5.41, 5.74) is 11.0. The molecule has 8 N–H and O–H groups in total. The zero-order chi connectivity index (χ0) is 23.4. The average molecular weight is 430 g/mol. The van der Waals surface area contributed by atoms with E-state index in [1.165, 1.54) is 0 Å². The van der Waals surface area contributed by atoms with Crippen molar-refractivity contribution in [3.8, 4) is 0 Å². The topological polar surface area (TPSA) is 194 Å². The fraction of sp³-hybridized carbons (Fsp3) is 0.737. The molecule has 0 saturated heterocycles. The molecule has 0 bridgehead atoms. The highest BCUT2D eigenvalue weighted by Crippen LogP contribution is 2.10. The van der Waals surface area contributed by atoms with Crippen molar-refractivity contribution in [2.75, 3.05) is 6.54 Å². The second-order valence-electron chi connectivity index (χ2n) is 7.78. The molecule has 0 aliphatic carbocycles. The Morgan fingerprint density at radius 2 is 1.50 bits per heavy atom. The minimum Gasteiger partial charge on any atom is -0.480 e. The van der Waals surface area contributed by atoms with Gasteiger partial charge in [0.1, 0.15) is 18.6 Å². The Balaban J connectivity index is 5.33. The van der Waals surface area contributed by atoms with E-state index in [0.717, 1.165) is 0 Å². The summed E-state index contributed by atoms with van der Waals surface area (Å²) in [5, 5.41) is 16.0. The molecule has 11 nitrogen and oxygen atoms in total. The number of primary amides is 1. The van der Waals surface area contributed by atoms with Crippen molar-refractivity contribution in [2.24, 2.45) is 23.3 Å². The van der Waals surface area contributed by atoms with E-state index in [9.17, 15) is 24.0 Å². The first kappa shape index (κ1) is 27.3. The number of amides is 4. The van der Waals surface area contributed by atoms with E-state index in [1.807, 2.05) is 27.7 Å². The molecule has 30 heavy (non-hydrogen) atoms. The van der Waals surface area contributed by atoms with Gasteiger partial charge < -0.3 is 32.5 Å². The molecule has 0 aromatic rings. The third kappa shape index (κ3) is 10.7. The van der Waals surface area contributed by atoms with Crippen LogP contribution in [0.1, 0.15) is 53.4 Å². The van der Waals surface area contributed by atoms with Crippen LogP contribution < -0.4 is 27.4 Å². The summed E-state index contributed by atoms with van der Waals surface area (Å²) >= 11 is 0. The van der Waals surface area contributed by atoms with Crippen molar-refractivity contribution in [1.29, 1.82) is 0 Å². The van der Waals surface area contributed by atoms with Gasteiger partial charge in [0.25, 0.3) is 0 Å². The molecule has 11 heteroatoms. The number of carboxylic acid groups (broad SMARTS) is 1. The molecule has 0 aromatic carbocycles. The molecule has 0 radical (unpaired) electrons. The van der Waals surface area contributed by atoms with Gasteiger partial charge in [-0.2, -0.15) is 0 Å². The molecule has 0 aliphatic rings. The van der Waals surface area contributed by atoms with Crippen LogP contribution in [0.25, 0.3) is 0 Å². The van der Waals surface area contributed by atoms with E-state index >= 15 is 0 Å². The molecule has 4 atom stereocenters. The molecule has 4 unspecified atom stereocenters. The fourth-order valence-electron chi connectivity index (χ4n) is 2.60. The Hall–Kier alpha value is -2.69. The second-order valence-corrected chi connectivity index (χ2v) is 7.78. The van der Waals surface area contributed by atoms with Crippen molar-refractivity contribution in [3.63, 3.8) is 0 Å². The highest BCUT2D eigenvalue weighted by molar-refractivity contribution is 5.94. The summed E-state index contributed by atoms with van der Waals surface area (Å²) in [6.07, 6.45) is 0.686. The molecule has 0 fully saturated rings. The maximum Gasteiger partial charge on any atom is 0.322 e. The van der Waals surface area contributed by atoms with Gasteiger partial charge in [0.2, 0.25) is 23.6 Å². The van der Waals surface area contributed by atoms with Gasteiger partial charge >= 0.3 is 5.97 Å². The van der Waals surface area contributed by atoms with E-state index in [4.69, 9.17) is 16.6 Å². The highest BCUT2D eigenvalue weighted by Gasteiger charge is 2.30. The zero-order valence-corrected chi connectivity index (χ0v) is 18.1. The summed E-state index contributed by atoms with van der Waals surface area (Å²) in [4.78, 5) is 59.2. The number of hydrogen-bond donors (Lipinski definition) is 6. The van der Waals surface area contributed by atoms with Gasteiger partial charge in [-0.1, -0.05) is 34.1 Å². The average Bonchev–Trinajstić information content (AvgIpc) is 2.66. The molecule has 0 spiro atoms. The Morgan fingerprint density at radius 3 is 1.97 bits per heavy atom. The van der Waals surface area contributed by atoms with Gasteiger partial charge in [-0.25, -0.2) is 0 Å². The number of rotatable bonds is 14. The Morgan fingerprint density at radius 1 is 0.933 bits per heavy atom. The number of nitrogens with two attached hydrogens (primary N) is 2. The fourth-order valence-corrected chi connectivity index (χ4v) is 2.60. The minimum absolute atomic E-state index is 0.0470. The van der Waals surface area contributed by atoms with Crippen molar-refractivity contribution in [3.05, 3.63) is 0 Å². The van der Waals surface area contributed by atoms with Crippen LogP contribution in [0.5, 0.6) is 0 Å². The minimum atomic E-state index is -1.26. The van der Waals surface area contributed by atoms with Gasteiger partial charge in [0, 0.05) is 6.42 Å². The van der Waals surface area contributed by atoms with Crippen LogP contribution in [0.2, 0.25) is 0 Å². The standard InChI is InChI=1S/C19H35N5O6/c1-5-11(4)16(21)19(30)24-13(8-10(2)3)18(29)23-12(6-7-14(20)25)17(28)22-9-15(26)27/h10-13,16H,5-9,21H2,1-4H3,(H2,20,25)(H,22,28)(H,23,29)(H,24,30)(H,26,27). The van der Waals surface area contributed by atoms with Crippen LogP contribution in [0.4, 0.5) is 0 Å². The normalized spacial score (nSPS) is 14.9. The van der Waals surface area contributed by atoms with Crippen LogP contribution in [0.15, 0.2) is 0 Å². The third-order valence-electron chi connectivity index (χ3n) is 4.63. The van der Waals surface area contributed by atoms with Gasteiger partial charge in [-0.05, 0) is 24.7 Å². The van der Waals surface area contributed by atoms with Crippen LogP contribution in [0.3, 0.4) is 0 Å². The van der Waals surface area contributed by atoms with Gasteiger partial charge in [0.05, 0.1) is 6.04 Å². The molecule has 4 amide bonds. The predicted molar refractivity (Wildman–Crippen MR) is 110 cm³/mol. The SMILES string of the molecule is CCC(C)C(N)C(=O)NC(CC(C)C)C(=O)NC(CCC(N)=O)C(=O)NCC(=O)O. The summed E-state index contributed by atoms with van der Waals surface area (Å²) < 4.78 is 0. The number of carbonyl (C=O) groups excluding carboxylic acids is 4. The number of aliphatic carboxylic acids is 1. The van der Waals surface area contributed by atoms with E-state index in [-0.39, 0.29) is 24.7 Å². The Bertz CT molecular complexity index is 625. The van der Waals surface area contributed by atoms with Crippen LogP contribution in [-0.4, -0.2) is 59.4 Å². The molecule has 0 heterocycles. The zero-order valence-electron chi connectivity index (χ0n) is 18.1. The lowest BCUT2D eigenvalue weighted by molar-refractivity contribution is -0.138. The molecular weight excluding hydrogens is 394 g/mol. The molecule has 0 aliphatic heterocycles. The van der Waals surface area contributed by atoms with E-state index < -0.39 is 54.3 Å². The molecule has 0 aromatic heterocycles. The summed E-state index contributed by atoms with van der Waals surface area (Å²) in [5.74, 6) is -3.84. The summed E-state index contributed by atoms with van der Waals surface area (Å²) in [6, 6.07) is -2.92. The lowest BCUT2D eigenvalue weighted by Crippen LogP contribution is -2.57. The first-order valence-corrected chi connectivity index (χ1v) is 10.0. The van der Waals surface area contributed by atoms with Gasteiger partial charge in [-0.3, -0.25) is 24.0 Å². The maximum absolute atomic E-state index is 12.8. The maximum atomic E-state index is 12.8. The van der Waals surface area contributed by atoms with Crippen molar-refractivity contribution < 1.29 is 29.1 Å². The first-order valence-electron chi connectivity index (χ1n) is 10.0. The van der Waals surface area contributed by atoms with Crippen molar-refractivity contribution in [1.82, 2.24) is 16.0 Å². The van der Waals surface area contributed by atoms with Crippen LogP contribution in [0, 0.1) is 11.8 Å². The van der Waals surface area contributed by atoms with E-state index in [1.54, 1.807) is 0 Å². The monoisotopic (exact) mass is 429 g/mol. The largest absolute Gasteiger partial charge is 0.480 e. The molecule has 172 valence electrons. The van der Waals surface area contributed by atoms with E-state index in [2.05, 4.69) is 16.0 Å². The van der Waals surface area contributed by atoms with Crippen LogP contribution >= 0.6 is 0 Å². The quantitative estimate of drug-likeness (QED) is 0.200. The third-order valence-corrected chi connectivity index (χ3v) is 4.63. The van der Waals surface area contributed by atoms with Gasteiger partial charge in [-0.15, -0.1) is 0 Å². The number of carbonyl (C=O) groups is 5. The second kappa shape index (κ2) is 13.5. The number of hydrogen-bond acceptors (Lipinski definition) is 6. The Labute approximate surface area is 176 Å². The van der Waals surface area contributed by atoms with Gasteiger partial charge in [0.15, 0.2) is 0 Å². The predicted octanol–water partition coefficient (Wildman–Crippen LogP) is -1.16. The molecular formula is C19H35N5O6. The number of carboxylic acids is 1. The van der Waals surface area contributed by atoms with Crippen molar-refractivity contribution in [2.45, 2.75) is 71.5 Å². The van der Waals surface area contributed by atoms with Crippen molar-refractivity contribution >= 4 is 29.6 Å². The van der Waals surface area contributed by atoms with Crippen LogP contribution in [-0.2, 0) is 24.0 Å². The summed E-state index contributed by atoms with van der Waals surface area (Å²) in [7, 11) is 0. The highest BCUT2D eigenvalue weighted by atomic mass is 16.4. The molecule has 0 rings (SSSR count). The summed E-state index contributed by atoms with van der Waals surface area (Å²) in [6.45, 7) is 6.82. The number of nitrogens with one attached hydrogen (secondary N) is 3. The first-order chi connectivity index (χ1) is 13.9.